The summed E-state index contributed by atoms with van der Waals surface area (Å²) < 4.78 is 5.40. The van der Waals surface area contributed by atoms with Crippen LogP contribution in [0.25, 0.3) is 0 Å². The van der Waals surface area contributed by atoms with Gasteiger partial charge in [-0.2, -0.15) is 0 Å². The minimum Gasteiger partial charge on any atom is -0.469 e. The maximum atomic E-state index is 12.8. The van der Waals surface area contributed by atoms with Crippen molar-refractivity contribution < 1.29 is 14.3 Å². The van der Waals surface area contributed by atoms with Crippen LogP contribution in [0.1, 0.15) is 61.6 Å². The first-order valence-electron chi connectivity index (χ1n) is 8.27. The summed E-state index contributed by atoms with van der Waals surface area (Å²) in [5, 5.41) is 10.3. The molecule has 1 saturated carbocycles. The van der Waals surface area contributed by atoms with Crippen LogP contribution in [0, 0.1) is 5.92 Å². The van der Waals surface area contributed by atoms with Gasteiger partial charge in [0.1, 0.15) is 5.76 Å². The molecule has 1 aliphatic carbocycles. The molecule has 0 spiro atoms. The van der Waals surface area contributed by atoms with Crippen LogP contribution >= 0.6 is 0 Å². The fourth-order valence-electron chi connectivity index (χ4n) is 4.04. The number of nitrogens with zero attached hydrogens (tertiary/aromatic N) is 1. The highest BCUT2D eigenvalue weighted by atomic mass is 16.3. The van der Waals surface area contributed by atoms with E-state index in [1.54, 1.807) is 12.3 Å². The number of hydrogen-bond acceptors (Lipinski definition) is 3. The van der Waals surface area contributed by atoms with E-state index in [4.69, 9.17) is 4.42 Å². The average Bonchev–Trinajstić information content (AvgIpc) is 3.16. The highest BCUT2D eigenvalue weighted by Gasteiger charge is 2.39. The quantitative estimate of drug-likeness (QED) is 0.931. The molecule has 2 fully saturated rings. The van der Waals surface area contributed by atoms with Gasteiger partial charge in [0.05, 0.1) is 17.9 Å². The number of furan rings is 1. The Labute approximate surface area is 126 Å². The van der Waals surface area contributed by atoms with Crippen molar-refractivity contribution in [2.24, 2.45) is 5.92 Å². The van der Waals surface area contributed by atoms with Crippen LogP contribution in [0.15, 0.2) is 16.7 Å². The number of likely N-dealkylation sites (tertiary alicyclic amines) is 1. The molecule has 116 valence electrons. The number of aliphatic hydroxyl groups is 1. The molecule has 4 nitrogen and oxygen atoms in total. The molecule has 1 aromatic heterocycles. The number of aryl methyl sites for hydroxylation is 1. The molecular formula is C17H25NO3. The number of rotatable bonds is 3. The van der Waals surface area contributed by atoms with Gasteiger partial charge in [-0.3, -0.25) is 4.79 Å². The lowest BCUT2D eigenvalue weighted by Gasteiger charge is -2.37. The Balaban J connectivity index is 1.78. The van der Waals surface area contributed by atoms with Gasteiger partial charge < -0.3 is 14.4 Å². The second-order valence-electron chi connectivity index (χ2n) is 6.33. The van der Waals surface area contributed by atoms with Gasteiger partial charge >= 0.3 is 0 Å². The Morgan fingerprint density at radius 2 is 2.14 bits per heavy atom. The largest absolute Gasteiger partial charge is 0.469 e. The van der Waals surface area contributed by atoms with Crippen LogP contribution in [0.5, 0.6) is 0 Å². The molecule has 0 bridgehead atoms. The maximum Gasteiger partial charge on any atom is 0.257 e. The van der Waals surface area contributed by atoms with Gasteiger partial charge in [0, 0.05) is 24.9 Å². The summed E-state index contributed by atoms with van der Waals surface area (Å²) in [6.45, 7) is 2.81. The van der Waals surface area contributed by atoms with Crippen molar-refractivity contribution in [1.29, 1.82) is 0 Å². The van der Waals surface area contributed by atoms with Crippen LogP contribution in [0.3, 0.4) is 0 Å². The fourth-order valence-corrected chi connectivity index (χ4v) is 4.04. The van der Waals surface area contributed by atoms with Gasteiger partial charge in [-0.1, -0.05) is 19.8 Å². The SMILES string of the molecule is CCc1occc1C(=O)N1CCC[C@@H]1[C@H]1CCCC[C@H]1O. The molecule has 1 saturated heterocycles. The molecule has 1 amide bonds. The molecule has 3 atom stereocenters. The first-order chi connectivity index (χ1) is 10.2. The zero-order valence-corrected chi connectivity index (χ0v) is 12.8. The summed E-state index contributed by atoms with van der Waals surface area (Å²) >= 11 is 0. The Kier molecular flexibility index (Phi) is 4.34. The molecule has 2 aliphatic rings. The summed E-state index contributed by atoms with van der Waals surface area (Å²) in [6, 6.07) is 1.99. The van der Waals surface area contributed by atoms with Crippen molar-refractivity contribution in [1.82, 2.24) is 4.90 Å². The molecule has 0 unspecified atom stereocenters. The third kappa shape index (κ3) is 2.73. The number of amides is 1. The number of hydrogen-bond donors (Lipinski definition) is 1. The fraction of sp³-hybridized carbons (Fsp3) is 0.706. The van der Waals surface area contributed by atoms with Gasteiger partial charge in [0.2, 0.25) is 0 Å². The molecule has 2 heterocycles. The van der Waals surface area contributed by atoms with Gasteiger partial charge in [-0.05, 0) is 31.7 Å². The Morgan fingerprint density at radius 1 is 1.33 bits per heavy atom. The molecule has 4 heteroatoms. The van der Waals surface area contributed by atoms with E-state index in [1.807, 2.05) is 11.8 Å². The predicted molar refractivity (Wildman–Crippen MR) is 80.1 cm³/mol. The second kappa shape index (κ2) is 6.22. The van der Waals surface area contributed by atoms with Crippen LogP contribution in [-0.2, 0) is 6.42 Å². The Hall–Kier alpha value is -1.29. The van der Waals surface area contributed by atoms with E-state index in [1.165, 1.54) is 6.42 Å². The van der Waals surface area contributed by atoms with E-state index in [-0.39, 0.29) is 24.0 Å². The molecule has 0 aromatic carbocycles. The highest BCUT2D eigenvalue weighted by Crippen LogP contribution is 2.35. The van der Waals surface area contributed by atoms with Gasteiger partial charge in [-0.15, -0.1) is 0 Å². The number of carbonyl (C=O) groups is 1. The van der Waals surface area contributed by atoms with E-state index in [0.717, 1.165) is 50.8 Å². The maximum absolute atomic E-state index is 12.8. The predicted octanol–water partition coefficient (Wildman–Crippen LogP) is 3.00. The van der Waals surface area contributed by atoms with Crippen molar-refractivity contribution >= 4 is 5.91 Å². The minimum absolute atomic E-state index is 0.0841. The lowest BCUT2D eigenvalue weighted by molar-refractivity contribution is 0.0211. The number of carbonyl (C=O) groups excluding carboxylic acids is 1. The van der Waals surface area contributed by atoms with Crippen LogP contribution in [-0.4, -0.2) is 34.6 Å². The van der Waals surface area contributed by atoms with Crippen LogP contribution < -0.4 is 0 Å². The normalized spacial score (nSPS) is 29.8. The van der Waals surface area contributed by atoms with Crippen LogP contribution in [0.2, 0.25) is 0 Å². The summed E-state index contributed by atoms with van der Waals surface area (Å²) in [7, 11) is 0. The average molecular weight is 291 g/mol. The van der Waals surface area contributed by atoms with Crippen molar-refractivity contribution in [3.8, 4) is 0 Å². The topological polar surface area (TPSA) is 53.7 Å². The van der Waals surface area contributed by atoms with Gasteiger partial charge in [0.15, 0.2) is 0 Å². The van der Waals surface area contributed by atoms with E-state index in [0.29, 0.717) is 5.56 Å². The summed E-state index contributed by atoms with van der Waals surface area (Å²) in [5.74, 6) is 1.11. The summed E-state index contributed by atoms with van der Waals surface area (Å²) in [5.41, 5.74) is 0.703. The van der Waals surface area contributed by atoms with Crippen molar-refractivity contribution in [3.63, 3.8) is 0 Å². The number of aliphatic hydroxyl groups excluding tert-OH is 1. The summed E-state index contributed by atoms with van der Waals surface area (Å²) in [4.78, 5) is 14.8. The smallest absolute Gasteiger partial charge is 0.257 e. The Morgan fingerprint density at radius 3 is 2.90 bits per heavy atom. The second-order valence-corrected chi connectivity index (χ2v) is 6.33. The van der Waals surface area contributed by atoms with E-state index < -0.39 is 0 Å². The molecule has 3 rings (SSSR count). The standard InChI is InChI=1S/C17H25NO3/c1-2-16-13(9-11-21-16)17(20)18-10-5-7-14(18)12-6-3-4-8-15(12)19/h9,11-12,14-15,19H,2-8,10H2,1H3/t12-,14-,15-/m1/s1. The van der Waals surface area contributed by atoms with Crippen molar-refractivity contribution in [3.05, 3.63) is 23.7 Å². The van der Waals surface area contributed by atoms with Crippen molar-refractivity contribution in [2.75, 3.05) is 6.54 Å². The van der Waals surface area contributed by atoms with Gasteiger partial charge in [0.25, 0.3) is 5.91 Å². The van der Waals surface area contributed by atoms with E-state index in [2.05, 4.69) is 0 Å². The lowest BCUT2D eigenvalue weighted by atomic mass is 9.80. The molecular weight excluding hydrogens is 266 g/mol. The van der Waals surface area contributed by atoms with E-state index >= 15 is 0 Å². The van der Waals surface area contributed by atoms with Crippen molar-refractivity contribution in [2.45, 2.75) is 64.0 Å². The highest BCUT2D eigenvalue weighted by molar-refractivity contribution is 5.95. The first kappa shape index (κ1) is 14.6. The zero-order valence-electron chi connectivity index (χ0n) is 12.8. The third-order valence-corrected chi connectivity index (χ3v) is 5.13. The monoisotopic (exact) mass is 291 g/mol. The molecule has 1 aliphatic heterocycles. The minimum atomic E-state index is -0.243. The molecule has 1 N–H and O–H groups in total. The van der Waals surface area contributed by atoms with E-state index in [9.17, 15) is 9.90 Å². The lowest BCUT2D eigenvalue weighted by Crippen LogP contribution is -2.45. The Bertz CT molecular complexity index is 496. The van der Waals surface area contributed by atoms with Crippen LogP contribution in [0.4, 0.5) is 0 Å². The molecule has 1 aromatic rings. The summed E-state index contributed by atoms with van der Waals surface area (Å²) in [6.07, 6.45) is 8.37. The molecule has 21 heavy (non-hydrogen) atoms. The molecule has 0 radical (unpaired) electrons. The third-order valence-electron chi connectivity index (χ3n) is 5.13. The zero-order chi connectivity index (χ0) is 14.8. The first-order valence-corrected chi connectivity index (χ1v) is 8.27. The van der Waals surface area contributed by atoms with Gasteiger partial charge in [-0.25, -0.2) is 0 Å².